The highest BCUT2D eigenvalue weighted by molar-refractivity contribution is 6.32. The molecule has 1 aliphatic heterocycles. The molecule has 0 aromatic heterocycles. The molecule has 0 spiro atoms. The van der Waals surface area contributed by atoms with Crippen LogP contribution >= 0.6 is 11.6 Å². The average molecular weight is 238 g/mol. The molecule has 1 aromatic rings. The highest BCUT2D eigenvalue weighted by Crippen LogP contribution is 2.28. The van der Waals surface area contributed by atoms with Crippen LogP contribution in [0.2, 0.25) is 5.02 Å². The van der Waals surface area contributed by atoms with E-state index in [1.807, 2.05) is 0 Å². The predicted octanol–water partition coefficient (Wildman–Crippen LogP) is 3.50. The second kappa shape index (κ2) is 5.20. The minimum atomic E-state index is 0.805. The molecule has 88 valence electrons. The zero-order valence-electron chi connectivity index (χ0n) is 10.1. The summed E-state index contributed by atoms with van der Waals surface area (Å²) in [6.45, 7) is 6.58. The van der Waals surface area contributed by atoms with Gasteiger partial charge in [0.25, 0.3) is 0 Å². The molecule has 0 bridgehead atoms. The summed E-state index contributed by atoms with van der Waals surface area (Å²) in [6, 6.07) is 4.31. The minimum absolute atomic E-state index is 0.805. The molecule has 1 N–H and O–H groups in total. The summed E-state index contributed by atoms with van der Waals surface area (Å²) in [5.74, 6) is 0.805. The van der Waals surface area contributed by atoms with Crippen molar-refractivity contribution in [3.05, 3.63) is 33.8 Å². The maximum atomic E-state index is 6.40. The number of rotatable bonds is 2. The van der Waals surface area contributed by atoms with Gasteiger partial charge in [0.1, 0.15) is 0 Å². The lowest BCUT2D eigenvalue weighted by molar-refractivity contribution is 0.372. The van der Waals surface area contributed by atoms with Crippen molar-refractivity contribution < 1.29 is 0 Å². The van der Waals surface area contributed by atoms with Crippen LogP contribution in [0, 0.1) is 19.8 Å². The van der Waals surface area contributed by atoms with Crippen LogP contribution in [-0.2, 0) is 6.42 Å². The van der Waals surface area contributed by atoms with E-state index in [1.165, 1.54) is 29.5 Å². The van der Waals surface area contributed by atoms with Crippen LogP contribution in [0.15, 0.2) is 12.1 Å². The van der Waals surface area contributed by atoms with E-state index in [-0.39, 0.29) is 0 Å². The number of nitrogens with one attached hydrogen (secondary N) is 1. The fraction of sp³-hybridized carbons (Fsp3) is 0.571. The van der Waals surface area contributed by atoms with E-state index >= 15 is 0 Å². The summed E-state index contributed by atoms with van der Waals surface area (Å²) in [5.41, 5.74) is 3.92. The zero-order chi connectivity index (χ0) is 11.5. The van der Waals surface area contributed by atoms with Gasteiger partial charge in [0, 0.05) is 5.02 Å². The van der Waals surface area contributed by atoms with Crippen molar-refractivity contribution in [1.29, 1.82) is 0 Å². The van der Waals surface area contributed by atoms with E-state index in [0.717, 1.165) is 30.5 Å². The molecule has 2 rings (SSSR count). The Morgan fingerprint density at radius 3 is 2.50 bits per heavy atom. The number of halogens is 1. The van der Waals surface area contributed by atoms with Gasteiger partial charge in [-0.25, -0.2) is 0 Å². The van der Waals surface area contributed by atoms with Gasteiger partial charge in [-0.15, -0.1) is 0 Å². The van der Waals surface area contributed by atoms with Crippen LogP contribution in [0.3, 0.4) is 0 Å². The molecule has 1 heterocycles. The third kappa shape index (κ3) is 2.58. The Balaban J connectivity index is 2.16. The van der Waals surface area contributed by atoms with Crippen molar-refractivity contribution >= 4 is 11.6 Å². The van der Waals surface area contributed by atoms with Crippen LogP contribution in [0.4, 0.5) is 0 Å². The summed E-state index contributed by atoms with van der Waals surface area (Å²) in [7, 11) is 0. The van der Waals surface area contributed by atoms with Gasteiger partial charge < -0.3 is 5.32 Å². The van der Waals surface area contributed by atoms with Gasteiger partial charge in [-0.1, -0.05) is 23.7 Å². The molecule has 1 nitrogen and oxygen atoms in total. The van der Waals surface area contributed by atoms with Gasteiger partial charge >= 0.3 is 0 Å². The van der Waals surface area contributed by atoms with E-state index in [2.05, 4.69) is 31.3 Å². The zero-order valence-corrected chi connectivity index (χ0v) is 10.9. The van der Waals surface area contributed by atoms with Gasteiger partial charge in [-0.2, -0.15) is 0 Å². The molecule has 0 unspecified atom stereocenters. The highest BCUT2D eigenvalue weighted by Gasteiger charge is 2.16. The normalized spacial score (nSPS) is 17.7. The van der Waals surface area contributed by atoms with Crippen LogP contribution in [0.5, 0.6) is 0 Å². The Hall–Kier alpha value is -0.530. The predicted molar refractivity (Wildman–Crippen MR) is 70.2 cm³/mol. The van der Waals surface area contributed by atoms with Gasteiger partial charge in [-0.05, 0) is 68.8 Å². The molecule has 16 heavy (non-hydrogen) atoms. The fourth-order valence-corrected chi connectivity index (χ4v) is 2.75. The molecule has 0 atom stereocenters. The van der Waals surface area contributed by atoms with Gasteiger partial charge in [0.2, 0.25) is 0 Å². The molecule has 0 saturated carbocycles. The van der Waals surface area contributed by atoms with Crippen LogP contribution < -0.4 is 5.32 Å². The number of piperidine rings is 1. The molecule has 0 aliphatic carbocycles. The highest BCUT2D eigenvalue weighted by atomic mass is 35.5. The molecule has 1 saturated heterocycles. The third-order valence-electron chi connectivity index (χ3n) is 3.62. The first-order valence-corrected chi connectivity index (χ1v) is 6.51. The first kappa shape index (κ1) is 11.9. The van der Waals surface area contributed by atoms with Crippen LogP contribution in [0.1, 0.15) is 29.5 Å². The Kier molecular flexibility index (Phi) is 3.88. The Morgan fingerprint density at radius 1 is 1.19 bits per heavy atom. The number of aryl methyl sites for hydroxylation is 2. The molecule has 0 radical (unpaired) electrons. The molecule has 1 aromatic carbocycles. The van der Waals surface area contributed by atoms with Crippen LogP contribution in [-0.4, -0.2) is 13.1 Å². The summed E-state index contributed by atoms with van der Waals surface area (Å²) in [5, 5.41) is 4.39. The minimum Gasteiger partial charge on any atom is -0.317 e. The first-order valence-electron chi connectivity index (χ1n) is 6.14. The number of benzene rings is 1. The number of hydrogen-bond donors (Lipinski definition) is 1. The Labute approximate surface area is 103 Å². The van der Waals surface area contributed by atoms with Gasteiger partial charge in [0.05, 0.1) is 0 Å². The van der Waals surface area contributed by atoms with Gasteiger partial charge in [0.15, 0.2) is 0 Å². The average Bonchev–Trinajstić information content (AvgIpc) is 2.31. The first-order chi connectivity index (χ1) is 7.68. The maximum absolute atomic E-state index is 6.40. The standard InChI is InChI=1S/C14H20ClN/c1-10-3-4-11(2)14(15)13(10)9-12-5-7-16-8-6-12/h3-4,12,16H,5-9H2,1-2H3. The fourth-order valence-electron chi connectivity index (χ4n) is 2.46. The summed E-state index contributed by atoms with van der Waals surface area (Å²) >= 11 is 6.40. The lowest BCUT2D eigenvalue weighted by Gasteiger charge is -2.24. The number of hydrogen-bond acceptors (Lipinski definition) is 1. The van der Waals surface area contributed by atoms with E-state index in [4.69, 9.17) is 11.6 Å². The van der Waals surface area contributed by atoms with Crippen molar-refractivity contribution in [3.8, 4) is 0 Å². The second-order valence-electron chi connectivity index (χ2n) is 4.89. The van der Waals surface area contributed by atoms with E-state index < -0.39 is 0 Å². The SMILES string of the molecule is Cc1ccc(C)c(CC2CCNCC2)c1Cl. The lowest BCUT2D eigenvalue weighted by atomic mass is 9.88. The van der Waals surface area contributed by atoms with Crippen LogP contribution in [0.25, 0.3) is 0 Å². The lowest BCUT2D eigenvalue weighted by Crippen LogP contribution is -2.28. The van der Waals surface area contributed by atoms with Crippen molar-refractivity contribution in [1.82, 2.24) is 5.32 Å². The molecule has 1 fully saturated rings. The van der Waals surface area contributed by atoms with E-state index in [0.29, 0.717) is 0 Å². The van der Waals surface area contributed by atoms with E-state index in [9.17, 15) is 0 Å². The monoisotopic (exact) mass is 237 g/mol. The smallest absolute Gasteiger partial charge is 0.0469 e. The van der Waals surface area contributed by atoms with Crippen molar-refractivity contribution in [2.75, 3.05) is 13.1 Å². The quantitative estimate of drug-likeness (QED) is 0.830. The van der Waals surface area contributed by atoms with Gasteiger partial charge in [-0.3, -0.25) is 0 Å². The van der Waals surface area contributed by atoms with E-state index in [1.54, 1.807) is 0 Å². The summed E-state index contributed by atoms with van der Waals surface area (Å²) < 4.78 is 0. The van der Waals surface area contributed by atoms with Crippen molar-refractivity contribution in [2.45, 2.75) is 33.1 Å². The molecule has 0 amide bonds. The maximum Gasteiger partial charge on any atom is 0.0469 e. The third-order valence-corrected chi connectivity index (χ3v) is 4.15. The summed E-state index contributed by atoms with van der Waals surface area (Å²) in [4.78, 5) is 0. The Bertz CT molecular complexity index is 367. The van der Waals surface area contributed by atoms with Crippen molar-refractivity contribution in [3.63, 3.8) is 0 Å². The molecule has 1 aliphatic rings. The molecule has 2 heteroatoms. The Morgan fingerprint density at radius 2 is 1.81 bits per heavy atom. The largest absolute Gasteiger partial charge is 0.317 e. The molecular formula is C14H20ClN. The topological polar surface area (TPSA) is 12.0 Å². The molecular weight excluding hydrogens is 218 g/mol. The summed E-state index contributed by atoms with van der Waals surface area (Å²) in [6.07, 6.45) is 3.71. The van der Waals surface area contributed by atoms with Crippen molar-refractivity contribution in [2.24, 2.45) is 5.92 Å². The second-order valence-corrected chi connectivity index (χ2v) is 5.27.